The maximum atomic E-state index is 12.9. The van der Waals surface area contributed by atoms with Crippen molar-refractivity contribution in [1.82, 2.24) is 0 Å². The fourth-order valence-corrected chi connectivity index (χ4v) is 1.39. The summed E-state index contributed by atoms with van der Waals surface area (Å²) in [5.74, 6) is -0.625. The number of halogens is 2. The third kappa shape index (κ3) is 3.33. The Hall–Kier alpha value is -0.840. The second-order valence-electron chi connectivity index (χ2n) is 3.96. The van der Waals surface area contributed by atoms with Crippen LogP contribution in [0, 0.1) is 11.7 Å². The van der Waals surface area contributed by atoms with Crippen molar-refractivity contribution in [2.45, 2.75) is 26.0 Å². The number of aliphatic hydroxyl groups is 1. The van der Waals surface area contributed by atoms with E-state index in [1.165, 1.54) is 6.07 Å². The second-order valence-corrected chi connectivity index (χ2v) is 3.96. The number of aromatic hydroxyl groups is 1. The normalized spacial score (nSPS) is 14.4. The van der Waals surface area contributed by atoms with E-state index >= 15 is 0 Å². The molecule has 92 valence electrons. The van der Waals surface area contributed by atoms with E-state index in [4.69, 9.17) is 5.73 Å². The Labute approximate surface area is 101 Å². The Bertz CT molecular complexity index is 347. The van der Waals surface area contributed by atoms with Gasteiger partial charge in [-0.15, -0.1) is 12.4 Å². The predicted octanol–water partition coefficient (Wildman–Crippen LogP) is 1.97. The molecule has 0 amide bonds. The lowest BCUT2D eigenvalue weighted by Gasteiger charge is -2.23. The zero-order valence-corrected chi connectivity index (χ0v) is 10.0. The van der Waals surface area contributed by atoms with Crippen LogP contribution in [0.2, 0.25) is 0 Å². The van der Waals surface area contributed by atoms with Crippen LogP contribution in [-0.4, -0.2) is 16.3 Å². The molecule has 0 radical (unpaired) electrons. The molecule has 3 nitrogen and oxygen atoms in total. The zero-order valence-electron chi connectivity index (χ0n) is 9.22. The van der Waals surface area contributed by atoms with Gasteiger partial charge in [0.05, 0.1) is 12.1 Å². The van der Waals surface area contributed by atoms with Crippen molar-refractivity contribution < 1.29 is 14.6 Å². The smallest absolute Gasteiger partial charge is 0.123 e. The van der Waals surface area contributed by atoms with Gasteiger partial charge in [-0.25, -0.2) is 4.39 Å². The van der Waals surface area contributed by atoms with Gasteiger partial charge in [-0.1, -0.05) is 13.8 Å². The molecule has 4 N–H and O–H groups in total. The van der Waals surface area contributed by atoms with Gasteiger partial charge in [-0.2, -0.15) is 0 Å². The van der Waals surface area contributed by atoms with Crippen LogP contribution in [-0.2, 0) is 0 Å². The minimum absolute atomic E-state index is 0. The zero-order chi connectivity index (χ0) is 11.6. The molecule has 0 aliphatic heterocycles. The van der Waals surface area contributed by atoms with Crippen molar-refractivity contribution >= 4 is 12.4 Å². The Kier molecular flexibility index (Phi) is 5.72. The van der Waals surface area contributed by atoms with Crippen LogP contribution >= 0.6 is 12.4 Å². The fourth-order valence-electron chi connectivity index (χ4n) is 1.39. The van der Waals surface area contributed by atoms with Crippen molar-refractivity contribution in [2.24, 2.45) is 11.7 Å². The van der Waals surface area contributed by atoms with Gasteiger partial charge in [0.15, 0.2) is 0 Å². The average Bonchev–Trinajstić information content (AvgIpc) is 2.19. The van der Waals surface area contributed by atoms with E-state index < -0.39 is 18.0 Å². The van der Waals surface area contributed by atoms with Crippen molar-refractivity contribution in [1.29, 1.82) is 0 Å². The molecule has 0 unspecified atom stereocenters. The lowest BCUT2D eigenvalue weighted by Crippen LogP contribution is -2.30. The highest BCUT2D eigenvalue weighted by molar-refractivity contribution is 5.85. The number of phenols is 1. The molecule has 0 bridgehead atoms. The Morgan fingerprint density at radius 3 is 2.38 bits per heavy atom. The van der Waals surface area contributed by atoms with Crippen LogP contribution in [0.25, 0.3) is 0 Å². The first kappa shape index (κ1) is 15.2. The van der Waals surface area contributed by atoms with E-state index in [1.54, 1.807) is 13.8 Å². The molecule has 5 heteroatoms. The molecule has 1 rings (SSSR count). The van der Waals surface area contributed by atoms with Crippen LogP contribution in [0.15, 0.2) is 18.2 Å². The molecule has 0 aliphatic rings. The van der Waals surface area contributed by atoms with Crippen LogP contribution in [0.4, 0.5) is 4.39 Å². The maximum absolute atomic E-state index is 12.9. The monoisotopic (exact) mass is 249 g/mol. The standard InChI is InChI=1S/C11H16FNO2.ClH/c1-6(2)11(15)10(13)8-5-7(12)3-4-9(8)14;/h3-6,10-11,14-15H,13H2,1-2H3;1H/t10-,11+;/m1./s1. The number of rotatable bonds is 3. The molecular formula is C11H17ClFNO2. The Balaban J connectivity index is 0.00000225. The van der Waals surface area contributed by atoms with Crippen LogP contribution in [0.3, 0.4) is 0 Å². The van der Waals surface area contributed by atoms with Gasteiger partial charge in [0, 0.05) is 5.56 Å². The summed E-state index contributed by atoms with van der Waals surface area (Å²) in [4.78, 5) is 0. The molecule has 0 saturated carbocycles. The van der Waals surface area contributed by atoms with E-state index in [0.29, 0.717) is 0 Å². The van der Waals surface area contributed by atoms with E-state index in [0.717, 1.165) is 12.1 Å². The van der Waals surface area contributed by atoms with Crippen LogP contribution in [0.1, 0.15) is 25.5 Å². The van der Waals surface area contributed by atoms with Gasteiger partial charge >= 0.3 is 0 Å². The number of nitrogens with two attached hydrogens (primary N) is 1. The SMILES string of the molecule is CC(C)[C@H](O)[C@H](N)c1cc(F)ccc1O.Cl. The molecule has 2 atom stereocenters. The topological polar surface area (TPSA) is 66.5 Å². The van der Waals surface area contributed by atoms with Gasteiger partial charge in [0.25, 0.3) is 0 Å². The minimum Gasteiger partial charge on any atom is -0.508 e. The highest BCUT2D eigenvalue weighted by atomic mass is 35.5. The maximum Gasteiger partial charge on any atom is 0.123 e. The summed E-state index contributed by atoms with van der Waals surface area (Å²) in [6.45, 7) is 3.61. The Morgan fingerprint density at radius 1 is 1.31 bits per heavy atom. The molecule has 0 saturated heterocycles. The molecule has 0 aromatic heterocycles. The first-order valence-electron chi connectivity index (χ1n) is 4.85. The molecule has 0 spiro atoms. The summed E-state index contributed by atoms with van der Waals surface area (Å²) in [5.41, 5.74) is 5.97. The molecule has 0 aliphatic carbocycles. The first-order valence-corrected chi connectivity index (χ1v) is 4.85. The van der Waals surface area contributed by atoms with Crippen LogP contribution in [0.5, 0.6) is 5.75 Å². The summed E-state index contributed by atoms with van der Waals surface area (Å²) in [7, 11) is 0. The van der Waals surface area contributed by atoms with Gasteiger partial charge in [-0.3, -0.25) is 0 Å². The van der Waals surface area contributed by atoms with Gasteiger partial charge < -0.3 is 15.9 Å². The number of benzene rings is 1. The third-order valence-corrected chi connectivity index (χ3v) is 2.40. The lowest BCUT2D eigenvalue weighted by molar-refractivity contribution is 0.0969. The summed E-state index contributed by atoms with van der Waals surface area (Å²) < 4.78 is 12.9. The van der Waals surface area contributed by atoms with Crippen molar-refractivity contribution in [2.75, 3.05) is 0 Å². The van der Waals surface area contributed by atoms with E-state index in [1.807, 2.05) is 0 Å². The second kappa shape index (κ2) is 6.03. The van der Waals surface area contributed by atoms with E-state index in [-0.39, 0.29) is 29.6 Å². The van der Waals surface area contributed by atoms with Gasteiger partial charge in [0.1, 0.15) is 11.6 Å². The number of hydrogen-bond acceptors (Lipinski definition) is 3. The summed E-state index contributed by atoms with van der Waals surface area (Å²) in [5, 5.41) is 19.2. The van der Waals surface area contributed by atoms with Gasteiger partial charge in [-0.05, 0) is 24.1 Å². The molecule has 1 aromatic rings. The minimum atomic E-state index is -0.808. The largest absolute Gasteiger partial charge is 0.508 e. The average molecular weight is 250 g/mol. The van der Waals surface area contributed by atoms with Crippen molar-refractivity contribution in [3.8, 4) is 5.75 Å². The summed E-state index contributed by atoms with van der Waals surface area (Å²) in [6.07, 6.45) is -0.808. The molecule has 0 fully saturated rings. The fraction of sp³-hybridized carbons (Fsp3) is 0.455. The van der Waals surface area contributed by atoms with E-state index in [9.17, 15) is 14.6 Å². The predicted molar refractivity (Wildman–Crippen MR) is 63.1 cm³/mol. The quantitative estimate of drug-likeness (QED) is 0.767. The van der Waals surface area contributed by atoms with Gasteiger partial charge in [0.2, 0.25) is 0 Å². The highest BCUT2D eigenvalue weighted by Gasteiger charge is 2.22. The summed E-state index contributed by atoms with van der Waals surface area (Å²) >= 11 is 0. The highest BCUT2D eigenvalue weighted by Crippen LogP contribution is 2.27. The van der Waals surface area contributed by atoms with E-state index in [2.05, 4.69) is 0 Å². The molecule has 16 heavy (non-hydrogen) atoms. The number of aliphatic hydroxyl groups excluding tert-OH is 1. The van der Waals surface area contributed by atoms with Crippen LogP contribution < -0.4 is 5.73 Å². The number of phenolic OH excluding ortho intramolecular Hbond substituents is 1. The molecular weight excluding hydrogens is 233 g/mol. The van der Waals surface area contributed by atoms with Crippen molar-refractivity contribution in [3.05, 3.63) is 29.6 Å². The Morgan fingerprint density at radius 2 is 1.88 bits per heavy atom. The molecule has 0 heterocycles. The van der Waals surface area contributed by atoms with Crippen molar-refractivity contribution in [3.63, 3.8) is 0 Å². The molecule has 1 aromatic carbocycles. The first-order chi connectivity index (χ1) is 6.93. The summed E-state index contributed by atoms with van der Waals surface area (Å²) in [6, 6.07) is 2.75. The lowest BCUT2D eigenvalue weighted by atomic mass is 9.94. The number of hydrogen-bond donors (Lipinski definition) is 3. The third-order valence-electron chi connectivity index (χ3n) is 2.40.